The highest BCUT2D eigenvalue weighted by Crippen LogP contribution is 2.28. The maximum absolute atomic E-state index is 12.7. The number of carbonyl (C=O) groups excluding carboxylic acids is 1. The van der Waals surface area contributed by atoms with Crippen LogP contribution in [-0.4, -0.2) is 41.6 Å². The summed E-state index contributed by atoms with van der Waals surface area (Å²) in [5.74, 6) is -0.560. The van der Waals surface area contributed by atoms with Crippen LogP contribution >= 0.6 is 11.6 Å². The van der Waals surface area contributed by atoms with Crippen LogP contribution in [0.3, 0.4) is 0 Å². The van der Waals surface area contributed by atoms with Crippen molar-refractivity contribution in [2.75, 3.05) is 19.0 Å². The van der Waals surface area contributed by atoms with E-state index in [1.807, 2.05) is 24.3 Å². The van der Waals surface area contributed by atoms with E-state index in [1.54, 1.807) is 25.3 Å². The molecule has 1 heterocycles. The molecular weight excluding hydrogens is 368 g/mol. The van der Waals surface area contributed by atoms with E-state index >= 15 is 0 Å². The number of carbonyl (C=O) groups is 2. The third-order valence-corrected chi connectivity index (χ3v) is 4.90. The normalized spacial score (nSPS) is 15.8. The summed E-state index contributed by atoms with van der Waals surface area (Å²) in [6.07, 6.45) is 0.494. The molecule has 0 spiro atoms. The Morgan fingerprint density at radius 3 is 2.70 bits per heavy atom. The Labute approximate surface area is 162 Å². The first-order valence-corrected chi connectivity index (χ1v) is 9.04. The van der Waals surface area contributed by atoms with Crippen LogP contribution in [0.15, 0.2) is 42.5 Å². The number of carboxylic acids is 1. The number of methoxy groups -OCH3 is 1. The highest BCUT2D eigenvalue weighted by molar-refractivity contribution is 6.30. The fourth-order valence-electron chi connectivity index (χ4n) is 3.27. The number of carboxylic acid groups (broad SMARTS) is 1. The second-order valence-electron chi connectivity index (χ2n) is 6.37. The molecule has 0 saturated heterocycles. The Morgan fingerprint density at radius 1 is 1.26 bits per heavy atom. The summed E-state index contributed by atoms with van der Waals surface area (Å²) in [5.41, 5.74) is 2.67. The van der Waals surface area contributed by atoms with Gasteiger partial charge in [-0.1, -0.05) is 35.9 Å². The highest BCUT2D eigenvalue weighted by atomic mass is 35.5. The summed E-state index contributed by atoms with van der Waals surface area (Å²) in [6, 6.07) is 12.0. The molecule has 1 amide bonds. The molecular formula is C20H21ClN2O4. The summed E-state index contributed by atoms with van der Waals surface area (Å²) < 4.78 is 5.27. The van der Waals surface area contributed by atoms with Crippen molar-refractivity contribution in [1.29, 1.82) is 0 Å². The average molecular weight is 389 g/mol. The third kappa shape index (κ3) is 4.34. The number of hydrogen-bond acceptors (Lipinski definition) is 4. The molecule has 2 aromatic carbocycles. The minimum Gasteiger partial charge on any atom is -0.495 e. The summed E-state index contributed by atoms with van der Waals surface area (Å²) >= 11 is 6.00. The molecule has 0 aliphatic carbocycles. The van der Waals surface area contributed by atoms with Gasteiger partial charge in [0.2, 0.25) is 5.91 Å². The van der Waals surface area contributed by atoms with Crippen LogP contribution in [-0.2, 0) is 22.6 Å². The third-order valence-electron chi connectivity index (χ3n) is 4.67. The number of benzene rings is 2. The second-order valence-corrected chi connectivity index (χ2v) is 6.81. The zero-order valence-corrected chi connectivity index (χ0v) is 15.7. The maximum atomic E-state index is 12.7. The number of halogens is 1. The van der Waals surface area contributed by atoms with Gasteiger partial charge in [0.15, 0.2) is 0 Å². The van der Waals surface area contributed by atoms with Crippen molar-refractivity contribution in [1.82, 2.24) is 4.90 Å². The van der Waals surface area contributed by atoms with Crippen molar-refractivity contribution < 1.29 is 19.4 Å². The number of hydrogen-bond donors (Lipinski definition) is 2. The first-order valence-electron chi connectivity index (χ1n) is 8.66. The Hall–Kier alpha value is -2.73. The van der Waals surface area contributed by atoms with E-state index in [9.17, 15) is 14.7 Å². The highest BCUT2D eigenvalue weighted by Gasteiger charge is 2.34. The molecule has 1 unspecified atom stereocenters. The predicted molar refractivity (Wildman–Crippen MR) is 103 cm³/mol. The number of amides is 1. The molecule has 27 heavy (non-hydrogen) atoms. The lowest BCUT2D eigenvalue weighted by Crippen LogP contribution is -2.48. The smallest absolute Gasteiger partial charge is 0.326 e. The van der Waals surface area contributed by atoms with Gasteiger partial charge < -0.3 is 20.1 Å². The van der Waals surface area contributed by atoms with Crippen molar-refractivity contribution in [2.24, 2.45) is 0 Å². The molecule has 6 nitrogen and oxygen atoms in total. The molecule has 0 saturated carbocycles. The van der Waals surface area contributed by atoms with Gasteiger partial charge in [0, 0.05) is 31.0 Å². The molecule has 142 valence electrons. The summed E-state index contributed by atoms with van der Waals surface area (Å²) in [4.78, 5) is 25.8. The van der Waals surface area contributed by atoms with E-state index in [0.717, 1.165) is 11.1 Å². The fourth-order valence-corrected chi connectivity index (χ4v) is 3.44. The molecule has 7 heteroatoms. The van der Waals surface area contributed by atoms with Gasteiger partial charge in [0.05, 0.1) is 12.8 Å². The lowest BCUT2D eigenvalue weighted by atomic mass is 9.93. The van der Waals surface area contributed by atoms with E-state index in [0.29, 0.717) is 36.0 Å². The van der Waals surface area contributed by atoms with E-state index in [4.69, 9.17) is 16.3 Å². The van der Waals surface area contributed by atoms with E-state index in [1.165, 1.54) is 4.90 Å². The Morgan fingerprint density at radius 2 is 2.00 bits per heavy atom. The molecule has 1 aliphatic rings. The zero-order chi connectivity index (χ0) is 19.4. The predicted octanol–water partition coefficient (Wildman–Crippen LogP) is 3.19. The maximum Gasteiger partial charge on any atom is 0.326 e. The zero-order valence-electron chi connectivity index (χ0n) is 14.9. The standard InChI is InChI=1S/C20H21ClN2O4/c1-27-18-7-6-15(21)11-16(18)22-9-8-19(24)23-12-14-5-3-2-4-13(14)10-17(23)20(25)26/h2-7,11,17,22H,8-10,12H2,1H3,(H,25,26). The van der Waals surface area contributed by atoms with Crippen LogP contribution in [0.25, 0.3) is 0 Å². The van der Waals surface area contributed by atoms with Crippen molar-refractivity contribution in [3.8, 4) is 5.75 Å². The summed E-state index contributed by atoms with van der Waals surface area (Å²) in [6.45, 7) is 0.659. The fraction of sp³-hybridized carbons (Fsp3) is 0.300. The van der Waals surface area contributed by atoms with Crippen LogP contribution in [0.5, 0.6) is 5.75 Å². The van der Waals surface area contributed by atoms with Crippen molar-refractivity contribution >= 4 is 29.2 Å². The minimum absolute atomic E-state index is 0.168. The SMILES string of the molecule is COc1ccc(Cl)cc1NCCC(=O)N1Cc2ccccc2CC1C(=O)O. The monoisotopic (exact) mass is 388 g/mol. The first kappa shape index (κ1) is 19.0. The number of nitrogens with zero attached hydrogens (tertiary/aromatic N) is 1. The summed E-state index contributed by atoms with van der Waals surface area (Å²) in [7, 11) is 1.56. The van der Waals surface area contributed by atoms with E-state index < -0.39 is 12.0 Å². The average Bonchev–Trinajstić information content (AvgIpc) is 2.67. The number of nitrogens with one attached hydrogen (secondary N) is 1. The summed E-state index contributed by atoms with van der Waals surface area (Å²) in [5, 5.41) is 13.2. The van der Waals surface area contributed by atoms with Crippen LogP contribution in [0.2, 0.25) is 5.02 Å². The van der Waals surface area contributed by atoms with E-state index in [2.05, 4.69) is 5.32 Å². The molecule has 2 aromatic rings. The van der Waals surface area contributed by atoms with Crippen LogP contribution in [0.1, 0.15) is 17.5 Å². The molecule has 2 N–H and O–H groups in total. The van der Waals surface area contributed by atoms with Gasteiger partial charge >= 0.3 is 5.97 Å². The van der Waals surface area contributed by atoms with Gasteiger partial charge in [-0.15, -0.1) is 0 Å². The Bertz CT molecular complexity index is 856. The van der Waals surface area contributed by atoms with Crippen molar-refractivity contribution in [3.05, 3.63) is 58.6 Å². The molecule has 0 aromatic heterocycles. The van der Waals surface area contributed by atoms with Gasteiger partial charge in [0.25, 0.3) is 0 Å². The minimum atomic E-state index is -0.984. The van der Waals surface area contributed by atoms with E-state index in [-0.39, 0.29) is 12.3 Å². The number of aliphatic carboxylic acids is 1. The Kier molecular flexibility index (Phi) is 5.86. The number of anilines is 1. The molecule has 0 radical (unpaired) electrons. The van der Waals surface area contributed by atoms with Crippen molar-refractivity contribution in [2.45, 2.75) is 25.4 Å². The number of ether oxygens (including phenoxy) is 1. The van der Waals surface area contributed by atoms with Crippen molar-refractivity contribution in [3.63, 3.8) is 0 Å². The van der Waals surface area contributed by atoms with Gasteiger partial charge in [-0.25, -0.2) is 4.79 Å². The molecule has 0 fully saturated rings. The van der Waals surface area contributed by atoms with Gasteiger partial charge in [-0.05, 0) is 29.3 Å². The Balaban J connectivity index is 1.66. The molecule has 1 aliphatic heterocycles. The topological polar surface area (TPSA) is 78.9 Å². The quantitative estimate of drug-likeness (QED) is 0.794. The van der Waals surface area contributed by atoms with Gasteiger partial charge in [0.1, 0.15) is 11.8 Å². The van der Waals surface area contributed by atoms with Crippen LogP contribution in [0.4, 0.5) is 5.69 Å². The molecule has 3 rings (SSSR count). The first-order chi connectivity index (χ1) is 13.0. The molecule has 1 atom stereocenters. The van der Waals surface area contributed by atoms with Gasteiger partial charge in [-0.2, -0.15) is 0 Å². The lowest BCUT2D eigenvalue weighted by molar-refractivity contribution is -0.151. The largest absolute Gasteiger partial charge is 0.495 e. The molecule has 0 bridgehead atoms. The lowest BCUT2D eigenvalue weighted by Gasteiger charge is -2.34. The van der Waals surface area contributed by atoms with Crippen LogP contribution in [0, 0.1) is 0 Å². The number of fused-ring (bicyclic) bond motifs is 1. The second kappa shape index (κ2) is 8.31. The van der Waals surface area contributed by atoms with Crippen LogP contribution < -0.4 is 10.1 Å². The number of rotatable bonds is 6. The van der Waals surface area contributed by atoms with Gasteiger partial charge in [-0.3, -0.25) is 4.79 Å².